The number of nitriles is 1. The first kappa shape index (κ1) is 22.8. The van der Waals surface area contributed by atoms with Crippen molar-refractivity contribution in [2.75, 3.05) is 23.4 Å². The summed E-state index contributed by atoms with van der Waals surface area (Å²) in [7, 11) is 1.37. The molecule has 1 aliphatic heterocycles. The maximum absolute atomic E-state index is 13.5. The summed E-state index contributed by atoms with van der Waals surface area (Å²) in [5.74, 6) is -1.68. The lowest BCUT2D eigenvalue weighted by Gasteiger charge is -2.31. The maximum atomic E-state index is 13.5. The number of rotatable bonds is 3. The van der Waals surface area contributed by atoms with Crippen LogP contribution in [0.3, 0.4) is 0 Å². The lowest BCUT2D eigenvalue weighted by atomic mass is 10.1. The van der Waals surface area contributed by atoms with Gasteiger partial charge in [-0.15, -0.1) is 0 Å². The highest BCUT2D eigenvalue weighted by Gasteiger charge is 2.44. The number of aromatic nitrogens is 1. The van der Waals surface area contributed by atoms with Crippen LogP contribution in [-0.4, -0.2) is 41.7 Å². The van der Waals surface area contributed by atoms with Crippen molar-refractivity contribution in [2.24, 2.45) is 0 Å². The molecule has 0 radical (unpaired) electrons. The number of anilines is 2. The lowest BCUT2D eigenvalue weighted by Crippen LogP contribution is -2.49. The topological polar surface area (TPSA) is 80.5 Å². The Morgan fingerprint density at radius 3 is 2.65 bits per heavy atom. The van der Waals surface area contributed by atoms with Crippen LogP contribution in [0.2, 0.25) is 5.02 Å². The van der Waals surface area contributed by atoms with Crippen LogP contribution in [0.1, 0.15) is 23.2 Å². The van der Waals surface area contributed by atoms with Crippen LogP contribution in [0.4, 0.5) is 29.1 Å². The van der Waals surface area contributed by atoms with Crippen molar-refractivity contribution in [1.29, 1.82) is 5.26 Å². The van der Waals surface area contributed by atoms with Gasteiger partial charge in [0.05, 0.1) is 16.7 Å². The molecule has 1 amide bonds. The van der Waals surface area contributed by atoms with Gasteiger partial charge in [0, 0.05) is 25.0 Å². The minimum Gasteiger partial charge on any atom is -0.390 e. The third-order valence-corrected chi connectivity index (χ3v) is 5.35. The quantitative estimate of drug-likeness (QED) is 0.713. The molecule has 0 bridgehead atoms. The average molecular weight is 457 g/mol. The normalized spacial score (nSPS) is 18.7. The monoisotopic (exact) mass is 456 g/mol. The van der Waals surface area contributed by atoms with Gasteiger partial charge in [0.15, 0.2) is 0 Å². The number of halogens is 5. The Labute approximate surface area is 180 Å². The number of aliphatic hydroxyl groups excluding tert-OH is 1. The van der Waals surface area contributed by atoms with Gasteiger partial charge in [-0.1, -0.05) is 11.6 Å². The Kier molecular flexibility index (Phi) is 6.11. The van der Waals surface area contributed by atoms with E-state index < -0.39 is 41.2 Å². The van der Waals surface area contributed by atoms with Gasteiger partial charge in [0.1, 0.15) is 29.3 Å². The standard InChI is InChI=1S/C20H17ClF4N4O2/c1-10-7-13(20(23,24)25)12(9-26)18(27-10)29-6-5-16(30)17(29)19(31)28(2)11-3-4-15(22)14(21)8-11/h3-4,7-8,16-17,30H,5-6H2,1-2H3. The third kappa shape index (κ3) is 4.29. The first-order valence-electron chi connectivity index (χ1n) is 9.12. The van der Waals surface area contributed by atoms with Crippen LogP contribution in [-0.2, 0) is 11.0 Å². The van der Waals surface area contributed by atoms with Gasteiger partial charge < -0.3 is 14.9 Å². The van der Waals surface area contributed by atoms with Crippen LogP contribution in [0.15, 0.2) is 24.3 Å². The Morgan fingerprint density at radius 2 is 2.06 bits per heavy atom. The SMILES string of the molecule is Cc1cc(C(F)(F)F)c(C#N)c(N2CCC(O)C2C(=O)N(C)c2ccc(F)c(Cl)c2)n1. The second kappa shape index (κ2) is 8.32. The zero-order valence-corrected chi connectivity index (χ0v) is 17.2. The van der Waals surface area contributed by atoms with Gasteiger partial charge in [0.25, 0.3) is 5.91 Å². The van der Waals surface area contributed by atoms with Gasteiger partial charge in [0.2, 0.25) is 0 Å². The summed E-state index contributed by atoms with van der Waals surface area (Å²) in [6, 6.07) is 4.59. The van der Waals surface area contributed by atoms with Crippen LogP contribution in [0, 0.1) is 24.1 Å². The molecule has 31 heavy (non-hydrogen) atoms. The summed E-state index contributed by atoms with van der Waals surface area (Å²) in [5, 5.41) is 19.6. The first-order chi connectivity index (χ1) is 14.5. The van der Waals surface area contributed by atoms with Crippen molar-refractivity contribution < 1.29 is 27.5 Å². The number of alkyl halides is 3. The largest absolute Gasteiger partial charge is 0.417 e. The van der Waals surface area contributed by atoms with E-state index in [-0.39, 0.29) is 35.2 Å². The predicted molar refractivity (Wildman–Crippen MR) is 105 cm³/mol. The van der Waals surface area contributed by atoms with Crippen LogP contribution in [0.5, 0.6) is 0 Å². The molecule has 3 rings (SSSR count). The Bertz CT molecular complexity index is 1070. The fraction of sp³-hybridized carbons (Fsp3) is 0.350. The second-order valence-electron chi connectivity index (χ2n) is 7.11. The summed E-state index contributed by atoms with van der Waals surface area (Å²) >= 11 is 5.77. The van der Waals surface area contributed by atoms with E-state index in [0.717, 1.165) is 17.0 Å². The van der Waals surface area contributed by atoms with Crippen molar-refractivity contribution in [1.82, 2.24) is 4.98 Å². The zero-order valence-electron chi connectivity index (χ0n) is 16.4. The summed E-state index contributed by atoms with van der Waals surface area (Å²) in [5.41, 5.74) is -1.65. The molecule has 2 unspecified atom stereocenters. The maximum Gasteiger partial charge on any atom is 0.417 e. The van der Waals surface area contributed by atoms with E-state index in [4.69, 9.17) is 11.6 Å². The summed E-state index contributed by atoms with van der Waals surface area (Å²) in [6.45, 7) is 1.36. The van der Waals surface area contributed by atoms with Crippen LogP contribution in [0.25, 0.3) is 0 Å². The Balaban J connectivity index is 2.05. The van der Waals surface area contributed by atoms with Gasteiger partial charge in [-0.25, -0.2) is 9.37 Å². The number of aliphatic hydroxyl groups is 1. The van der Waals surface area contributed by atoms with Gasteiger partial charge in [-0.05, 0) is 37.6 Å². The van der Waals surface area contributed by atoms with Crippen molar-refractivity contribution in [2.45, 2.75) is 31.7 Å². The smallest absolute Gasteiger partial charge is 0.390 e. The Hall–Kier alpha value is -2.90. The second-order valence-corrected chi connectivity index (χ2v) is 7.52. The molecule has 0 saturated carbocycles. The molecule has 1 N–H and O–H groups in total. The van der Waals surface area contributed by atoms with E-state index in [1.165, 1.54) is 37.1 Å². The number of hydrogen-bond acceptors (Lipinski definition) is 5. The molecular formula is C20H17ClF4N4O2. The fourth-order valence-electron chi connectivity index (χ4n) is 3.53. The van der Waals surface area contributed by atoms with E-state index in [1.54, 1.807) is 0 Å². The molecule has 1 aliphatic rings. The van der Waals surface area contributed by atoms with Crippen molar-refractivity contribution >= 4 is 29.0 Å². The van der Waals surface area contributed by atoms with Crippen molar-refractivity contribution in [3.05, 3.63) is 51.9 Å². The molecule has 164 valence electrons. The van der Waals surface area contributed by atoms with Crippen LogP contribution < -0.4 is 9.80 Å². The van der Waals surface area contributed by atoms with Gasteiger partial charge in [-0.3, -0.25) is 4.79 Å². The number of pyridine rings is 1. The molecule has 0 aliphatic carbocycles. The lowest BCUT2D eigenvalue weighted by molar-refractivity contribution is -0.137. The number of nitrogens with zero attached hydrogens (tertiary/aromatic N) is 4. The molecule has 1 aromatic carbocycles. The number of benzene rings is 1. The highest BCUT2D eigenvalue weighted by Crippen LogP contribution is 2.38. The third-order valence-electron chi connectivity index (χ3n) is 5.06. The number of amides is 1. The minimum atomic E-state index is -4.80. The van der Waals surface area contributed by atoms with Crippen molar-refractivity contribution in [3.8, 4) is 6.07 Å². The minimum absolute atomic E-state index is 0.00702. The summed E-state index contributed by atoms with van der Waals surface area (Å²) in [6.07, 6.45) is -5.93. The highest BCUT2D eigenvalue weighted by molar-refractivity contribution is 6.31. The van der Waals surface area contributed by atoms with Crippen molar-refractivity contribution in [3.63, 3.8) is 0 Å². The van der Waals surface area contributed by atoms with E-state index in [2.05, 4.69) is 4.98 Å². The number of likely N-dealkylation sites (N-methyl/N-ethyl adjacent to an activating group) is 1. The number of carbonyl (C=O) groups is 1. The summed E-state index contributed by atoms with van der Waals surface area (Å²) in [4.78, 5) is 19.6. The number of aryl methyl sites for hydroxylation is 1. The molecule has 1 aromatic heterocycles. The summed E-state index contributed by atoms with van der Waals surface area (Å²) < 4.78 is 53.9. The average Bonchev–Trinajstić information content (AvgIpc) is 3.08. The zero-order chi connectivity index (χ0) is 23.1. The molecule has 6 nitrogen and oxygen atoms in total. The molecule has 2 atom stereocenters. The molecular weight excluding hydrogens is 440 g/mol. The Morgan fingerprint density at radius 1 is 1.39 bits per heavy atom. The molecule has 1 fully saturated rings. The van der Waals surface area contributed by atoms with E-state index in [1.807, 2.05) is 0 Å². The predicted octanol–water partition coefficient (Wildman–Crippen LogP) is 3.68. The van der Waals surface area contributed by atoms with E-state index in [9.17, 15) is 32.7 Å². The van der Waals surface area contributed by atoms with Crippen LogP contribution >= 0.6 is 11.6 Å². The van der Waals surface area contributed by atoms with E-state index >= 15 is 0 Å². The fourth-order valence-corrected chi connectivity index (χ4v) is 3.70. The number of carbonyl (C=O) groups excluding carboxylic acids is 1. The highest BCUT2D eigenvalue weighted by atomic mass is 35.5. The molecule has 2 aromatic rings. The molecule has 1 saturated heterocycles. The molecule has 0 spiro atoms. The van der Waals surface area contributed by atoms with Gasteiger partial charge in [-0.2, -0.15) is 18.4 Å². The molecule has 2 heterocycles. The first-order valence-corrected chi connectivity index (χ1v) is 9.49. The van der Waals surface area contributed by atoms with E-state index in [0.29, 0.717) is 0 Å². The van der Waals surface area contributed by atoms with Gasteiger partial charge >= 0.3 is 6.18 Å². The molecule has 11 heteroatoms. The number of hydrogen-bond donors (Lipinski definition) is 1.